The highest BCUT2D eigenvalue weighted by Gasteiger charge is 2.29. The van der Waals surface area contributed by atoms with E-state index < -0.39 is 0 Å². The summed E-state index contributed by atoms with van der Waals surface area (Å²) in [6, 6.07) is 6.82. The summed E-state index contributed by atoms with van der Waals surface area (Å²) >= 11 is 0. The van der Waals surface area contributed by atoms with E-state index in [4.69, 9.17) is 0 Å². The summed E-state index contributed by atoms with van der Waals surface area (Å²) in [5, 5.41) is 10.9. The van der Waals surface area contributed by atoms with Crippen LogP contribution in [0.4, 0.5) is 5.69 Å². The van der Waals surface area contributed by atoms with E-state index in [-0.39, 0.29) is 16.5 Å². The fourth-order valence-electron chi connectivity index (χ4n) is 3.98. The fourth-order valence-corrected chi connectivity index (χ4v) is 3.98. The van der Waals surface area contributed by atoms with Crippen molar-refractivity contribution >= 4 is 11.6 Å². The SMILES string of the molecule is O=C([C@H]1CCCN(Cc2cccc([N+](=O)[O-])c2)C1)N1CCCCCC1. The Bertz CT molecular complexity index is 612. The summed E-state index contributed by atoms with van der Waals surface area (Å²) in [4.78, 5) is 27.8. The second kappa shape index (κ2) is 8.43. The molecule has 6 heteroatoms. The summed E-state index contributed by atoms with van der Waals surface area (Å²) in [6.45, 7) is 4.19. The number of piperidine rings is 1. The van der Waals surface area contributed by atoms with Crippen molar-refractivity contribution in [3.63, 3.8) is 0 Å². The molecule has 2 aliphatic rings. The van der Waals surface area contributed by atoms with Gasteiger partial charge in [0.25, 0.3) is 5.69 Å². The van der Waals surface area contributed by atoms with Crippen LogP contribution in [0.3, 0.4) is 0 Å². The second-order valence-electron chi connectivity index (χ2n) is 7.24. The van der Waals surface area contributed by atoms with E-state index >= 15 is 0 Å². The summed E-state index contributed by atoms with van der Waals surface area (Å²) in [5.41, 5.74) is 1.07. The highest BCUT2D eigenvalue weighted by Crippen LogP contribution is 2.23. The normalized spacial score (nSPS) is 22.4. The van der Waals surface area contributed by atoms with Gasteiger partial charge in [-0.3, -0.25) is 19.8 Å². The van der Waals surface area contributed by atoms with Gasteiger partial charge in [-0.1, -0.05) is 25.0 Å². The van der Waals surface area contributed by atoms with Crippen LogP contribution in [-0.4, -0.2) is 46.8 Å². The maximum Gasteiger partial charge on any atom is 0.269 e. The van der Waals surface area contributed by atoms with Crippen LogP contribution in [0.25, 0.3) is 0 Å². The maximum absolute atomic E-state index is 12.9. The van der Waals surface area contributed by atoms with Crippen LogP contribution >= 0.6 is 0 Å². The Morgan fingerprint density at radius 3 is 2.60 bits per heavy atom. The molecule has 25 heavy (non-hydrogen) atoms. The molecule has 0 aromatic heterocycles. The lowest BCUT2D eigenvalue weighted by atomic mass is 9.96. The minimum atomic E-state index is -0.356. The lowest BCUT2D eigenvalue weighted by Gasteiger charge is -2.34. The Labute approximate surface area is 148 Å². The largest absolute Gasteiger partial charge is 0.342 e. The minimum absolute atomic E-state index is 0.0746. The molecule has 6 nitrogen and oxygen atoms in total. The first-order valence-electron chi connectivity index (χ1n) is 9.38. The van der Waals surface area contributed by atoms with Crippen molar-refractivity contribution < 1.29 is 9.72 Å². The number of benzene rings is 1. The van der Waals surface area contributed by atoms with Crippen LogP contribution in [0.2, 0.25) is 0 Å². The number of rotatable bonds is 4. The monoisotopic (exact) mass is 345 g/mol. The van der Waals surface area contributed by atoms with Crippen molar-refractivity contribution in [1.29, 1.82) is 0 Å². The third kappa shape index (κ3) is 4.78. The standard InChI is InChI=1S/C19H27N3O3/c23-19(21-11-3-1-2-4-12-21)17-8-6-10-20(15-17)14-16-7-5-9-18(13-16)22(24)25/h5,7,9,13,17H,1-4,6,8,10-12,14-15H2/t17-/m0/s1. The van der Waals surface area contributed by atoms with Gasteiger partial charge in [-0.05, 0) is 37.8 Å². The van der Waals surface area contributed by atoms with Gasteiger partial charge in [0.05, 0.1) is 10.8 Å². The molecule has 0 spiro atoms. The molecule has 1 aromatic rings. The van der Waals surface area contributed by atoms with Gasteiger partial charge in [0.2, 0.25) is 5.91 Å². The minimum Gasteiger partial charge on any atom is -0.342 e. The average molecular weight is 345 g/mol. The van der Waals surface area contributed by atoms with Crippen molar-refractivity contribution in [3.05, 3.63) is 39.9 Å². The molecule has 1 aromatic carbocycles. The molecule has 2 heterocycles. The smallest absolute Gasteiger partial charge is 0.269 e. The highest BCUT2D eigenvalue weighted by molar-refractivity contribution is 5.79. The van der Waals surface area contributed by atoms with Crippen molar-refractivity contribution in [3.8, 4) is 0 Å². The number of non-ortho nitro benzene ring substituents is 1. The molecule has 0 unspecified atom stereocenters. The zero-order valence-corrected chi connectivity index (χ0v) is 14.7. The van der Waals surface area contributed by atoms with Gasteiger partial charge < -0.3 is 4.90 Å². The number of hydrogen-bond donors (Lipinski definition) is 0. The second-order valence-corrected chi connectivity index (χ2v) is 7.24. The van der Waals surface area contributed by atoms with Crippen molar-refractivity contribution in [2.75, 3.05) is 26.2 Å². The highest BCUT2D eigenvalue weighted by atomic mass is 16.6. The molecule has 2 fully saturated rings. The fraction of sp³-hybridized carbons (Fsp3) is 0.632. The zero-order chi connectivity index (χ0) is 17.6. The first-order chi connectivity index (χ1) is 12.1. The third-order valence-corrected chi connectivity index (χ3v) is 5.30. The number of nitro groups is 1. The predicted molar refractivity (Wildman–Crippen MR) is 96.1 cm³/mol. The Balaban J connectivity index is 1.60. The molecule has 1 atom stereocenters. The molecule has 0 saturated carbocycles. The summed E-state index contributed by atoms with van der Waals surface area (Å²) in [7, 11) is 0. The molecule has 1 amide bonds. The van der Waals surface area contributed by atoms with Gasteiger partial charge in [-0.2, -0.15) is 0 Å². The van der Waals surface area contributed by atoms with Crippen molar-refractivity contribution in [2.45, 2.75) is 45.1 Å². The van der Waals surface area contributed by atoms with E-state index in [1.165, 1.54) is 18.9 Å². The van der Waals surface area contributed by atoms with Gasteiger partial charge >= 0.3 is 0 Å². The molecule has 3 rings (SSSR count). The van der Waals surface area contributed by atoms with E-state index in [1.54, 1.807) is 12.1 Å². The molecule has 0 aliphatic carbocycles. The zero-order valence-electron chi connectivity index (χ0n) is 14.7. The van der Waals surface area contributed by atoms with Crippen LogP contribution < -0.4 is 0 Å². The maximum atomic E-state index is 12.9. The number of nitro benzene ring substituents is 1. The Morgan fingerprint density at radius 1 is 1.12 bits per heavy atom. The van der Waals surface area contributed by atoms with Gasteiger partial charge in [0.1, 0.15) is 0 Å². The summed E-state index contributed by atoms with van der Waals surface area (Å²) in [6.07, 6.45) is 6.67. The molecule has 136 valence electrons. The van der Waals surface area contributed by atoms with E-state index in [0.29, 0.717) is 12.5 Å². The molecule has 2 saturated heterocycles. The molecule has 0 radical (unpaired) electrons. The van der Waals surface area contributed by atoms with Crippen LogP contribution in [0, 0.1) is 16.0 Å². The van der Waals surface area contributed by atoms with E-state index in [1.807, 2.05) is 6.07 Å². The third-order valence-electron chi connectivity index (χ3n) is 5.30. The van der Waals surface area contributed by atoms with E-state index in [2.05, 4.69) is 9.80 Å². The summed E-state index contributed by atoms with van der Waals surface area (Å²) < 4.78 is 0. The van der Waals surface area contributed by atoms with Crippen LogP contribution in [0.1, 0.15) is 44.1 Å². The molecular formula is C19H27N3O3. The Hall–Kier alpha value is -1.95. The van der Waals surface area contributed by atoms with Gasteiger partial charge in [-0.15, -0.1) is 0 Å². The van der Waals surface area contributed by atoms with Gasteiger partial charge in [0.15, 0.2) is 0 Å². The van der Waals surface area contributed by atoms with Crippen LogP contribution in [0.5, 0.6) is 0 Å². The van der Waals surface area contributed by atoms with Crippen molar-refractivity contribution in [2.24, 2.45) is 5.92 Å². The first-order valence-corrected chi connectivity index (χ1v) is 9.38. The lowest BCUT2D eigenvalue weighted by molar-refractivity contribution is -0.384. The number of amides is 1. The Kier molecular flexibility index (Phi) is 6.02. The number of nitrogens with zero attached hydrogens (tertiary/aromatic N) is 3. The van der Waals surface area contributed by atoms with Crippen molar-refractivity contribution in [1.82, 2.24) is 9.80 Å². The number of carbonyl (C=O) groups excluding carboxylic acids is 1. The molecule has 0 bridgehead atoms. The Morgan fingerprint density at radius 2 is 1.88 bits per heavy atom. The molecule has 2 aliphatic heterocycles. The topological polar surface area (TPSA) is 66.7 Å². The predicted octanol–water partition coefficient (Wildman–Crippen LogP) is 3.21. The van der Waals surface area contributed by atoms with E-state index in [9.17, 15) is 14.9 Å². The summed E-state index contributed by atoms with van der Waals surface area (Å²) in [5.74, 6) is 0.385. The van der Waals surface area contributed by atoms with Crippen LogP contribution in [-0.2, 0) is 11.3 Å². The van der Waals surface area contributed by atoms with E-state index in [0.717, 1.165) is 57.4 Å². The number of likely N-dealkylation sites (tertiary alicyclic amines) is 2. The average Bonchev–Trinajstić information content (AvgIpc) is 2.91. The number of carbonyl (C=O) groups is 1. The number of hydrogen-bond acceptors (Lipinski definition) is 4. The molecular weight excluding hydrogens is 318 g/mol. The van der Waals surface area contributed by atoms with Gasteiger partial charge in [0, 0.05) is 38.3 Å². The lowest BCUT2D eigenvalue weighted by Crippen LogP contribution is -2.44. The quantitative estimate of drug-likeness (QED) is 0.621. The van der Waals surface area contributed by atoms with Crippen LogP contribution in [0.15, 0.2) is 24.3 Å². The van der Waals surface area contributed by atoms with Gasteiger partial charge in [-0.25, -0.2) is 0 Å². The first kappa shape index (κ1) is 17.9. The molecule has 0 N–H and O–H groups in total.